The van der Waals surface area contributed by atoms with E-state index in [1.54, 1.807) is 11.3 Å². The Morgan fingerprint density at radius 1 is 1.03 bits per heavy atom. The molecule has 7 heteroatoms. The van der Waals surface area contributed by atoms with Gasteiger partial charge < -0.3 is 19.1 Å². The zero-order valence-electron chi connectivity index (χ0n) is 18.2. The van der Waals surface area contributed by atoms with Gasteiger partial charge in [-0.2, -0.15) is 0 Å². The minimum Gasteiger partial charge on any atom is -0.494 e. The second kappa shape index (κ2) is 9.56. The highest BCUT2D eigenvalue weighted by Crippen LogP contribution is 2.33. The van der Waals surface area contributed by atoms with Crippen LogP contribution in [0.4, 0.5) is 0 Å². The molecule has 1 saturated heterocycles. The number of hydrogen-bond donors (Lipinski definition) is 0. The van der Waals surface area contributed by atoms with Crippen molar-refractivity contribution in [1.82, 2.24) is 9.88 Å². The number of carbonyl (C=O) groups excluding carboxylic acids is 1. The maximum Gasteiger partial charge on any atom is 0.274 e. The summed E-state index contributed by atoms with van der Waals surface area (Å²) in [5, 5.41) is 0.719. The van der Waals surface area contributed by atoms with Gasteiger partial charge in [0, 0.05) is 25.9 Å². The fourth-order valence-electron chi connectivity index (χ4n) is 3.69. The first-order valence-electron chi connectivity index (χ1n) is 10.7. The first-order valence-corrected chi connectivity index (χ1v) is 11.5. The van der Waals surface area contributed by atoms with Gasteiger partial charge in [-0.25, -0.2) is 4.98 Å². The van der Waals surface area contributed by atoms with Crippen molar-refractivity contribution in [3.8, 4) is 16.7 Å². The van der Waals surface area contributed by atoms with Crippen LogP contribution in [0.5, 0.6) is 16.7 Å². The van der Waals surface area contributed by atoms with Crippen LogP contribution in [0.3, 0.4) is 0 Å². The van der Waals surface area contributed by atoms with E-state index in [0.29, 0.717) is 25.4 Å². The first kappa shape index (κ1) is 21.4. The second-order valence-corrected chi connectivity index (χ2v) is 8.71. The van der Waals surface area contributed by atoms with Crippen molar-refractivity contribution >= 4 is 27.5 Å². The van der Waals surface area contributed by atoms with Crippen LogP contribution in [0, 0.1) is 13.8 Å². The molecular weight excluding hydrogens is 412 g/mol. The van der Waals surface area contributed by atoms with Gasteiger partial charge in [0.05, 0.1) is 16.8 Å². The second-order valence-electron chi connectivity index (χ2n) is 7.75. The van der Waals surface area contributed by atoms with Gasteiger partial charge in [0.25, 0.3) is 11.1 Å². The van der Waals surface area contributed by atoms with Gasteiger partial charge in [-0.15, -0.1) is 0 Å². The molecule has 164 valence electrons. The lowest BCUT2D eigenvalue weighted by molar-refractivity contribution is -0.135. The zero-order chi connectivity index (χ0) is 21.8. The molecule has 2 aromatic carbocycles. The van der Waals surface area contributed by atoms with Gasteiger partial charge in [0.15, 0.2) is 6.61 Å². The number of benzene rings is 2. The molecule has 0 aliphatic carbocycles. The number of nitrogens with zero attached hydrogens (tertiary/aromatic N) is 2. The van der Waals surface area contributed by atoms with E-state index in [9.17, 15) is 4.79 Å². The highest BCUT2D eigenvalue weighted by Gasteiger charge is 2.25. The van der Waals surface area contributed by atoms with Crippen molar-refractivity contribution in [2.75, 3.05) is 26.3 Å². The Bertz CT molecular complexity index is 1000. The SMILES string of the molecule is CCOc1ccc(OCC(=O)N2CCC(Oc3nc4c(C)ccc(C)c4s3)CC2)cc1. The number of hydrogen-bond acceptors (Lipinski definition) is 6. The van der Waals surface area contributed by atoms with Crippen LogP contribution < -0.4 is 14.2 Å². The molecule has 0 radical (unpaired) electrons. The Balaban J connectivity index is 1.26. The first-order chi connectivity index (χ1) is 15.0. The highest BCUT2D eigenvalue weighted by molar-refractivity contribution is 7.20. The van der Waals surface area contributed by atoms with E-state index in [1.165, 1.54) is 15.8 Å². The lowest BCUT2D eigenvalue weighted by atomic mass is 10.1. The Kier molecular flexibility index (Phi) is 6.61. The van der Waals surface area contributed by atoms with E-state index in [1.807, 2.05) is 36.1 Å². The van der Waals surface area contributed by atoms with E-state index < -0.39 is 0 Å². The van der Waals surface area contributed by atoms with Crippen molar-refractivity contribution in [2.24, 2.45) is 0 Å². The van der Waals surface area contributed by atoms with Crippen molar-refractivity contribution in [2.45, 2.75) is 39.7 Å². The number of aryl methyl sites for hydroxylation is 2. The molecule has 1 aromatic heterocycles. The summed E-state index contributed by atoms with van der Waals surface area (Å²) in [6.07, 6.45) is 1.67. The molecule has 1 amide bonds. The third-order valence-electron chi connectivity index (χ3n) is 5.48. The minimum atomic E-state index is -0.00132. The Morgan fingerprint density at radius 3 is 2.32 bits per heavy atom. The standard InChI is InChI=1S/C24H28N2O4S/c1-4-28-18-7-9-19(10-8-18)29-15-21(27)26-13-11-20(12-14-26)30-24-25-22-16(2)5-6-17(3)23(22)31-24/h5-10,20H,4,11-15H2,1-3H3. The normalized spacial score (nSPS) is 14.6. The van der Waals surface area contributed by atoms with Crippen molar-refractivity contribution in [3.63, 3.8) is 0 Å². The predicted octanol–water partition coefficient (Wildman–Crippen LogP) is 4.76. The van der Waals surface area contributed by atoms with E-state index in [0.717, 1.165) is 29.3 Å². The summed E-state index contributed by atoms with van der Waals surface area (Å²) in [5.74, 6) is 1.46. The molecule has 31 heavy (non-hydrogen) atoms. The van der Waals surface area contributed by atoms with Gasteiger partial charge in [0.1, 0.15) is 17.6 Å². The van der Waals surface area contributed by atoms with E-state index in [-0.39, 0.29) is 18.6 Å². The quantitative estimate of drug-likeness (QED) is 0.530. The highest BCUT2D eigenvalue weighted by atomic mass is 32.1. The predicted molar refractivity (Wildman–Crippen MR) is 122 cm³/mol. The van der Waals surface area contributed by atoms with Crippen LogP contribution in [0.15, 0.2) is 36.4 Å². The summed E-state index contributed by atoms with van der Waals surface area (Å²) < 4.78 is 18.4. The molecule has 0 spiro atoms. The Labute approximate surface area is 186 Å². The molecule has 4 rings (SSSR count). The molecule has 6 nitrogen and oxygen atoms in total. The lowest BCUT2D eigenvalue weighted by Crippen LogP contribution is -2.43. The van der Waals surface area contributed by atoms with E-state index in [4.69, 9.17) is 14.2 Å². The molecule has 2 heterocycles. The monoisotopic (exact) mass is 440 g/mol. The Morgan fingerprint density at radius 2 is 1.68 bits per heavy atom. The minimum absolute atomic E-state index is 0.00132. The van der Waals surface area contributed by atoms with E-state index >= 15 is 0 Å². The van der Waals surface area contributed by atoms with Crippen LogP contribution in [0.2, 0.25) is 0 Å². The average molecular weight is 441 g/mol. The zero-order valence-corrected chi connectivity index (χ0v) is 19.0. The number of amides is 1. The maximum atomic E-state index is 12.5. The molecule has 1 aliphatic rings. The van der Waals surface area contributed by atoms with Crippen LogP contribution in [-0.4, -0.2) is 48.2 Å². The van der Waals surface area contributed by atoms with E-state index in [2.05, 4.69) is 31.0 Å². The summed E-state index contributed by atoms with van der Waals surface area (Å²) in [5.41, 5.74) is 3.42. The molecule has 0 atom stereocenters. The molecule has 0 unspecified atom stereocenters. The molecule has 1 aliphatic heterocycles. The van der Waals surface area contributed by atoms with Gasteiger partial charge >= 0.3 is 0 Å². The summed E-state index contributed by atoms with van der Waals surface area (Å²) >= 11 is 1.61. The number of carbonyl (C=O) groups is 1. The summed E-state index contributed by atoms with van der Waals surface area (Å²) in [6, 6.07) is 11.5. The van der Waals surface area contributed by atoms with Crippen LogP contribution in [-0.2, 0) is 4.79 Å². The smallest absolute Gasteiger partial charge is 0.274 e. The largest absolute Gasteiger partial charge is 0.494 e. The molecule has 3 aromatic rings. The number of likely N-dealkylation sites (tertiary alicyclic amines) is 1. The molecule has 0 saturated carbocycles. The number of aromatic nitrogens is 1. The fourth-order valence-corrected chi connectivity index (χ4v) is 4.72. The summed E-state index contributed by atoms with van der Waals surface area (Å²) in [7, 11) is 0. The number of ether oxygens (including phenoxy) is 3. The van der Waals surface area contributed by atoms with Crippen LogP contribution in [0.25, 0.3) is 10.2 Å². The van der Waals surface area contributed by atoms with Crippen molar-refractivity contribution in [3.05, 3.63) is 47.5 Å². The third-order valence-corrected chi connectivity index (χ3v) is 6.56. The number of piperidine rings is 1. The molecular formula is C24H28N2O4S. The van der Waals surface area contributed by atoms with Crippen LogP contribution in [0.1, 0.15) is 30.9 Å². The molecule has 0 bridgehead atoms. The van der Waals surface area contributed by atoms with Gasteiger partial charge in [-0.05, 0) is 56.2 Å². The number of thiazole rings is 1. The number of rotatable bonds is 7. The fraction of sp³-hybridized carbons (Fsp3) is 0.417. The van der Waals surface area contributed by atoms with Crippen molar-refractivity contribution in [1.29, 1.82) is 0 Å². The average Bonchev–Trinajstić information content (AvgIpc) is 3.21. The maximum absolute atomic E-state index is 12.5. The van der Waals surface area contributed by atoms with Gasteiger partial charge in [-0.1, -0.05) is 23.5 Å². The Hall–Kier alpha value is -2.80. The van der Waals surface area contributed by atoms with Crippen LogP contribution >= 0.6 is 11.3 Å². The lowest BCUT2D eigenvalue weighted by Gasteiger charge is -2.31. The van der Waals surface area contributed by atoms with Crippen molar-refractivity contribution < 1.29 is 19.0 Å². The summed E-state index contributed by atoms with van der Waals surface area (Å²) in [4.78, 5) is 19.1. The number of fused-ring (bicyclic) bond motifs is 1. The van der Waals surface area contributed by atoms with Gasteiger partial charge in [-0.3, -0.25) is 4.79 Å². The summed E-state index contributed by atoms with van der Waals surface area (Å²) in [6.45, 7) is 8.11. The third kappa shape index (κ3) is 5.10. The molecule has 0 N–H and O–H groups in total. The topological polar surface area (TPSA) is 60.9 Å². The van der Waals surface area contributed by atoms with Gasteiger partial charge in [0.2, 0.25) is 0 Å². The molecule has 1 fully saturated rings.